The topological polar surface area (TPSA) is 84.6 Å². The van der Waals surface area contributed by atoms with Crippen molar-refractivity contribution in [3.8, 4) is 5.75 Å². The minimum Gasteiger partial charge on any atom is -0.484 e. The van der Waals surface area contributed by atoms with Crippen LogP contribution in [0.25, 0.3) is 0 Å². The first-order chi connectivity index (χ1) is 9.20. The Morgan fingerprint density at radius 2 is 2.10 bits per heavy atom. The molecule has 1 unspecified atom stereocenters. The number of hydrogen-bond acceptors (Lipinski definition) is 5. The molecule has 0 saturated carbocycles. The third kappa shape index (κ3) is 5.14. The van der Waals surface area contributed by atoms with Gasteiger partial charge in [-0.25, -0.2) is 0 Å². The van der Waals surface area contributed by atoms with Crippen molar-refractivity contribution in [3.05, 3.63) is 33.9 Å². The third-order valence-electron chi connectivity index (χ3n) is 2.68. The minimum atomic E-state index is -0.728. The Hall–Kier alpha value is -1.66. The van der Waals surface area contributed by atoms with Crippen LogP contribution in [0.3, 0.4) is 0 Å². The highest BCUT2D eigenvalue weighted by molar-refractivity contribution is 5.51. The number of ether oxygens (including phenoxy) is 1. The second-order valence-corrected chi connectivity index (χ2v) is 5.78. The number of rotatable bonds is 6. The summed E-state index contributed by atoms with van der Waals surface area (Å²) in [5.74, 6) is 0.215. The molecule has 0 radical (unpaired) electrons. The number of aliphatic hydroxyl groups excluding tert-OH is 1. The van der Waals surface area contributed by atoms with E-state index in [0.29, 0.717) is 12.1 Å². The molecule has 0 heterocycles. The van der Waals surface area contributed by atoms with Crippen LogP contribution >= 0.6 is 0 Å². The van der Waals surface area contributed by atoms with E-state index in [1.54, 1.807) is 19.1 Å². The lowest BCUT2D eigenvalue weighted by Crippen LogP contribution is -2.42. The number of nitro benzene ring substituents is 1. The van der Waals surface area contributed by atoms with Crippen molar-refractivity contribution in [2.75, 3.05) is 13.2 Å². The summed E-state index contributed by atoms with van der Waals surface area (Å²) in [4.78, 5) is 10.4. The van der Waals surface area contributed by atoms with Crippen LogP contribution in [0.15, 0.2) is 18.2 Å². The van der Waals surface area contributed by atoms with Gasteiger partial charge in [-0.05, 0) is 33.3 Å². The Morgan fingerprint density at radius 1 is 1.45 bits per heavy atom. The smallest absolute Gasteiger partial charge is 0.311 e. The van der Waals surface area contributed by atoms with Gasteiger partial charge in [0.05, 0.1) is 4.92 Å². The summed E-state index contributed by atoms with van der Waals surface area (Å²) in [5, 5.41) is 23.9. The van der Waals surface area contributed by atoms with Crippen LogP contribution in [0, 0.1) is 17.0 Å². The second-order valence-electron chi connectivity index (χ2n) is 5.78. The molecular formula is C14H22N2O4. The average molecular weight is 282 g/mol. The van der Waals surface area contributed by atoms with E-state index in [4.69, 9.17) is 4.74 Å². The summed E-state index contributed by atoms with van der Waals surface area (Å²) in [5.41, 5.74) is 0.492. The monoisotopic (exact) mass is 282 g/mol. The molecule has 0 aliphatic carbocycles. The fourth-order valence-electron chi connectivity index (χ4n) is 1.63. The van der Waals surface area contributed by atoms with Gasteiger partial charge in [-0.3, -0.25) is 10.1 Å². The Bertz CT molecular complexity index is 469. The van der Waals surface area contributed by atoms with Crippen LogP contribution in [-0.2, 0) is 0 Å². The maximum absolute atomic E-state index is 10.9. The van der Waals surface area contributed by atoms with E-state index in [2.05, 4.69) is 5.32 Å². The lowest BCUT2D eigenvalue weighted by molar-refractivity contribution is -0.386. The molecule has 0 fully saturated rings. The molecule has 0 amide bonds. The van der Waals surface area contributed by atoms with Crippen molar-refractivity contribution < 1.29 is 14.8 Å². The molecule has 112 valence electrons. The maximum atomic E-state index is 10.9. The number of nitrogens with zero attached hydrogens (tertiary/aromatic N) is 1. The van der Waals surface area contributed by atoms with Gasteiger partial charge in [0.2, 0.25) is 0 Å². The molecule has 0 spiro atoms. The van der Waals surface area contributed by atoms with Crippen LogP contribution in [0.1, 0.15) is 26.3 Å². The number of aryl methyl sites for hydroxylation is 1. The van der Waals surface area contributed by atoms with Crippen molar-refractivity contribution in [3.63, 3.8) is 0 Å². The standard InChI is InChI=1S/C14H22N2O4/c1-10-6-5-7-12(16(18)19)13(10)20-9-11(17)8-15-14(2,3)4/h5-7,11,15,17H,8-9H2,1-4H3. The molecule has 0 aromatic heterocycles. The number of nitro groups is 1. The zero-order chi connectivity index (χ0) is 15.3. The number of hydrogen-bond donors (Lipinski definition) is 2. The van der Waals surface area contributed by atoms with E-state index in [1.807, 2.05) is 20.8 Å². The van der Waals surface area contributed by atoms with Crippen LogP contribution in [0.2, 0.25) is 0 Å². The Morgan fingerprint density at radius 3 is 2.65 bits per heavy atom. The van der Waals surface area contributed by atoms with Crippen LogP contribution < -0.4 is 10.1 Å². The van der Waals surface area contributed by atoms with E-state index < -0.39 is 11.0 Å². The molecule has 0 aliphatic heterocycles. The Balaban J connectivity index is 2.64. The van der Waals surface area contributed by atoms with E-state index in [1.165, 1.54) is 6.07 Å². The van der Waals surface area contributed by atoms with Crippen LogP contribution in [-0.4, -0.2) is 34.8 Å². The molecule has 0 saturated heterocycles. The number of para-hydroxylation sites is 1. The predicted molar refractivity (Wildman–Crippen MR) is 77.1 cm³/mol. The average Bonchev–Trinajstić information content (AvgIpc) is 2.33. The van der Waals surface area contributed by atoms with Crippen molar-refractivity contribution in [1.82, 2.24) is 5.32 Å². The molecular weight excluding hydrogens is 260 g/mol. The van der Waals surface area contributed by atoms with Gasteiger partial charge in [-0.2, -0.15) is 0 Å². The van der Waals surface area contributed by atoms with Gasteiger partial charge in [0.25, 0.3) is 0 Å². The number of aliphatic hydroxyl groups is 1. The Kier molecular flexibility index (Phi) is 5.47. The van der Waals surface area contributed by atoms with Gasteiger partial charge in [0.1, 0.15) is 12.7 Å². The fourth-order valence-corrected chi connectivity index (χ4v) is 1.63. The summed E-state index contributed by atoms with van der Waals surface area (Å²) in [7, 11) is 0. The number of β-amino-alcohol motifs (C(OH)–C–C–N with tert-alkyl or cyclic N) is 1. The zero-order valence-electron chi connectivity index (χ0n) is 12.3. The summed E-state index contributed by atoms with van der Waals surface area (Å²) in [6, 6.07) is 4.74. The molecule has 1 atom stereocenters. The van der Waals surface area contributed by atoms with E-state index in [0.717, 1.165) is 0 Å². The Labute approximate surface area is 118 Å². The van der Waals surface area contributed by atoms with Crippen LogP contribution in [0.4, 0.5) is 5.69 Å². The highest BCUT2D eigenvalue weighted by atomic mass is 16.6. The number of benzene rings is 1. The molecule has 1 aromatic rings. The lowest BCUT2D eigenvalue weighted by Gasteiger charge is -2.23. The molecule has 6 nitrogen and oxygen atoms in total. The van der Waals surface area contributed by atoms with Crippen molar-refractivity contribution in [2.45, 2.75) is 39.3 Å². The summed E-state index contributed by atoms with van der Waals surface area (Å²) in [6.45, 7) is 8.09. The molecule has 1 rings (SSSR count). The quantitative estimate of drug-likeness (QED) is 0.616. The molecule has 20 heavy (non-hydrogen) atoms. The van der Waals surface area contributed by atoms with Gasteiger partial charge in [0, 0.05) is 18.2 Å². The van der Waals surface area contributed by atoms with Crippen molar-refractivity contribution in [1.29, 1.82) is 0 Å². The molecule has 0 bridgehead atoms. The summed E-state index contributed by atoms with van der Waals surface area (Å²) < 4.78 is 5.42. The zero-order valence-corrected chi connectivity index (χ0v) is 12.3. The van der Waals surface area contributed by atoms with E-state index in [9.17, 15) is 15.2 Å². The van der Waals surface area contributed by atoms with Crippen LogP contribution in [0.5, 0.6) is 5.75 Å². The first-order valence-corrected chi connectivity index (χ1v) is 6.50. The van der Waals surface area contributed by atoms with E-state index in [-0.39, 0.29) is 23.6 Å². The van der Waals surface area contributed by atoms with Gasteiger partial charge < -0.3 is 15.2 Å². The maximum Gasteiger partial charge on any atom is 0.311 e. The molecule has 6 heteroatoms. The van der Waals surface area contributed by atoms with Crippen molar-refractivity contribution in [2.24, 2.45) is 0 Å². The highest BCUT2D eigenvalue weighted by Crippen LogP contribution is 2.30. The largest absolute Gasteiger partial charge is 0.484 e. The molecule has 2 N–H and O–H groups in total. The van der Waals surface area contributed by atoms with Gasteiger partial charge in [-0.1, -0.05) is 12.1 Å². The van der Waals surface area contributed by atoms with Gasteiger partial charge in [0.15, 0.2) is 5.75 Å². The summed E-state index contributed by atoms with van der Waals surface area (Å²) in [6.07, 6.45) is -0.728. The first kappa shape index (κ1) is 16.4. The summed E-state index contributed by atoms with van der Waals surface area (Å²) >= 11 is 0. The van der Waals surface area contributed by atoms with Gasteiger partial charge >= 0.3 is 5.69 Å². The minimum absolute atomic E-state index is 0.00870. The molecule has 1 aromatic carbocycles. The van der Waals surface area contributed by atoms with E-state index >= 15 is 0 Å². The van der Waals surface area contributed by atoms with Gasteiger partial charge in [-0.15, -0.1) is 0 Å². The highest BCUT2D eigenvalue weighted by Gasteiger charge is 2.19. The number of nitrogens with one attached hydrogen (secondary N) is 1. The van der Waals surface area contributed by atoms with Crippen molar-refractivity contribution >= 4 is 5.69 Å². The SMILES string of the molecule is Cc1cccc([N+](=O)[O-])c1OCC(O)CNC(C)(C)C. The lowest BCUT2D eigenvalue weighted by atomic mass is 10.1. The fraction of sp³-hybridized carbons (Fsp3) is 0.571. The molecule has 0 aliphatic rings. The predicted octanol–water partition coefficient (Wildman–Crippen LogP) is 2.03. The third-order valence-corrected chi connectivity index (χ3v) is 2.68. The second kappa shape index (κ2) is 6.67. The first-order valence-electron chi connectivity index (χ1n) is 6.50. The normalized spacial score (nSPS) is 13.1.